The summed E-state index contributed by atoms with van der Waals surface area (Å²) in [4.78, 5) is 37.2. The molecule has 1 fully saturated rings. The molecule has 4 aromatic carbocycles. The zero-order valence-electron chi connectivity index (χ0n) is 48.7. The van der Waals surface area contributed by atoms with Crippen LogP contribution in [0.3, 0.4) is 0 Å². The van der Waals surface area contributed by atoms with Gasteiger partial charge in [-0.05, 0) is 130 Å². The summed E-state index contributed by atoms with van der Waals surface area (Å²) in [7, 11) is -16.9. The molecule has 5 N–H and O–H groups in total. The van der Waals surface area contributed by atoms with Gasteiger partial charge in [-0.15, -0.1) is 0 Å². The Kier molecular flexibility index (Phi) is 18.7. The number of urea groups is 1. The van der Waals surface area contributed by atoms with Gasteiger partial charge in [-0.25, -0.2) is 18.2 Å². The molecule has 0 spiro atoms. The largest absolute Gasteiger partial charge is 0.416 e. The Morgan fingerprint density at radius 2 is 1.47 bits per heavy atom. The minimum absolute atomic E-state index is 0.0144. The highest BCUT2D eigenvalue weighted by molar-refractivity contribution is 7.90. The number of fused-ring (bicyclic) bond motifs is 6. The molecule has 3 amide bonds. The molecule has 2 atom stereocenters. The lowest BCUT2D eigenvalue weighted by Gasteiger charge is -2.36. The van der Waals surface area contributed by atoms with E-state index in [1.807, 2.05) is 36.3 Å². The molecule has 5 aromatic rings. The molecule has 9 rings (SSSR count). The van der Waals surface area contributed by atoms with Crippen LogP contribution in [-0.4, -0.2) is 125 Å². The topological polar surface area (TPSA) is 281 Å². The Morgan fingerprint density at radius 1 is 0.773 bits per heavy atom. The first-order valence-corrected chi connectivity index (χ1v) is 35.0. The SMILES string of the molecule is CC1(C)C(/C=C/C=C/C=C2\N(CCCS(=O)(=O)O)c3ccc(S(=O)(=O)O)cc3C2(C)CCCCCC(=O)NCc2ccc(NC(=O)N3c4nc(-c5cccc(C(F)(F)F)c5)ccc4N4CC[C@H]3C4)cc2)=[N+](CCCS(=O)(=O)O)c2ccc(S(C)(=O)=O)cc21. The average molecular weight is 1290 g/mol. The van der Waals surface area contributed by atoms with Gasteiger partial charge in [0.15, 0.2) is 21.4 Å². The van der Waals surface area contributed by atoms with Gasteiger partial charge in [-0.1, -0.05) is 55.3 Å². The summed E-state index contributed by atoms with van der Waals surface area (Å²) in [6, 6.07) is 23.5. The molecule has 0 radical (unpaired) electrons. The van der Waals surface area contributed by atoms with Crippen LogP contribution >= 0.6 is 0 Å². The third kappa shape index (κ3) is 14.9. The Morgan fingerprint density at radius 3 is 2.16 bits per heavy atom. The van der Waals surface area contributed by atoms with Gasteiger partial charge in [0.05, 0.1) is 49.7 Å². The Hall–Kier alpha value is -7.27. The van der Waals surface area contributed by atoms with Gasteiger partial charge in [0, 0.05) is 91.0 Å². The molecule has 4 aliphatic rings. The summed E-state index contributed by atoms with van der Waals surface area (Å²) < 4.78 is 169. The molecular formula is C61H69F3N7O13S4+. The van der Waals surface area contributed by atoms with Crippen molar-refractivity contribution >= 4 is 86.4 Å². The molecular weight excluding hydrogens is 1220 g/mol. The number of sulfone groups is 1. The monoisotopic (exact) mass is 1290 g/mol. The second-order valence-corrected chi connectivity index (χ2v) is 29.7. The molecule has 88 heavy (non-hydrogen) atoms. The molecule has 27 heteroatoms. The van der Waals surface area contributed by atoms with Gasteiger partial charge in [0.1, 0.15) is 6.54 Å². The molecule has 470 valence electrons. The number of aromatic nitrogens is 1. The number of nitrogens with zero attached hydrogens (tertiary/aromatic N) is 5. The van der Waals surface area contributed by atoms with Crippen LogP contribution in [0.5, 0.6) is 0 Å². The zero-order chi connectivity index (χ0) is 63.8. The minimum Gasteiger partial charge on any atom is -0.366 e. The molecule has 4 aliphatic heterocycles. The lowest BCUT2D eigenvalue weighted by molar-refractivity contribution is -0.437. The third-order valence-electron chi connectivity index (χ3n) is 16.5. The standard InChI is InChI=1S/C61H68F3N7O13S4/c1-59(2)48-37-46(85(4,74)75)23-26-51(48)69(31-12-34-86(76,77)78)54(59)16-7-5-8-17-55-60(3,49-38-47(88(82,83)84)24-27-52(49)70(55)32-13-35-87(79,80)81)30-10-6-9-18-56(72)65-39-41-19-21-44(22-20-41)66-58(73)71-45-29-33-68(40-45)53-28-25-50(67-57(53)71)42-14-11-15-43(36-42)61(62,63)64/h5,7-8,11,14-17,19-28,36-38,45H,6,9-10,12-13,18,29-35,39-40H2,1-4H3,(H4-,65,66,72,73,76,77,78,79,80,81,82,83,84)/p+1/t45-,60?/m0/s1. The second kappa shape index (κ2) is 25.3. The molecule has 20 nitrogen and oxygen atoms in total. The predicted molar refractivity (Wildman–Crippen MR) is 330 cm³/mol. The Labute approximate surface area is 510 Å². The fraction of sp³-hybridized carbons (Fsp3) is 0.377. The maximum absolute atomic E-state index is 14.0. The van der Waals surface area contributed by atoms with Gasteiger partial charge >= 0.3 is 12.2 Å². The third-order valence-corrected chi connectivity index (χ3v) is 20.1. The number of alkyl halides is 3. The van der Waals surface area contributed by atoms with E-state index in [0.29, 0.717) is 102 Å². The molecule has 2 bridgehead atoms. The lowest BCUT2D eigenvalue weighted by Crippen LogP contribution is -2.48. The number of unbranched alkanes of at least 4 members (excludes halogenated alkanes) is 2. The number of pyridine rings is 1. The first-order valence-electron chi connectivity index (χ1n) is 28.5. The van der Waals surface area contributed by atoms with E-state index in [1.54, 1.807) is 83.8 Å². The maximum atomic E-state index is 14.0. The van der Waals surface area contributed by atoms with E-state index in [0.717, 1.165) is 24.0 Å². The van der Waals surface area contributed by atoms with Crippen LogP contribution in [0, 0.1) is 0 Å². The normalized spacial score (nSPS) is 18.8. The van der Waals surface area contributed by atoms with Crippen molar-refractivity contribution in [1.29, 1.82) is 0 Å². The number of carbonyl (C=O) groups is 2. The Balaban J connectivity index is 0.860. The number of nitrogens with one attached hydrogen (secondary N) is 2. The lowest BCUT2D eigenvalue weighted by atomic mass is 9.77. The van der Waals surface area contributed by atoms with E-state index < -0.39 is 80.3 Å². The van der Waals surface area contributed by atoms with Crippen LogP contribution in [-0.2, 0) is 68.5 Å². The summed E-state index contributed by atoms with van der Waals surface area (Å²) in [6.07, 6.45) is 8.26. The summed E-state index contributed by atoms with van der Waals surface area (Å²) in [5, 5.41) is 5.87. The van der Waals surface area contributed by atoms with Gasteiger partial charge < -0.3 is 20.4 Å². The summed E-state index contributed by atoms with van der Waals surface area (Å²) in [5.41, 5.74) is 3.76. The van der Waals surface area contributed by atoms with Crippen molar-refractivity contribution in [2.75, 3.05) is 64.0 Å². The molecule has 1 saturated heterocycles. The van der Waals surface area contributed by atoms with Crippen molar-refractivity contribution in [2.45, 2.75) is 112 Å². The van der Waals surface area contributed by atoms with Crippen LogP contribution in [0.2, 0.25) is 0 Å². The zero-order valence-corrected chi connectivity index (χ0v) is 52.0. The van der Waals surface area contributed by atoms with Crippen molar-refractivity contribution < 1.29 is 74.7 Å². The summed E-state index contributed by atoms with van der Waals surface area (Å²) in [5.74, 6) is -0.932. The highest BCUT2D eigenvalue weighted by Gasteiger charge is 2.46. The van der Waals surface area contributed by atoms with Crippen LogP contribution in [0.25, 0.3) is 11.3 Å². The van der Waals surface area contributed by atoms with E-state index in [9.17, 15) is 70.1 Å². The second-order valence-electron chi connectivity index (χ2n) is 23.2. The number of carbonyl (C=O) groups excluding carboxylic acids is 2. The van der Waals surface area contributed by atoms with Crippen molar-refractivity contribution in [3.63, 3.8) is 0 Å². The number of allylic oxidation sites excluding steroid dienone is 6. The first kappa shape index (κ1) is 65.2. The highest BCUT2D eigenvalue weighted by atomic mass is 32.2. The number of benzene rings is 4. The average Bonchev–Trinajstić information content (AvgIpc) is 1.71. The van der Waals surface area contributed by atoms with Gasteiger partial charge in [0.2, 0.25) is 11.6 Å². The number of hydrogen-bond acceptors (Lipinski definition) is 13. The minimum atomic E-state index is -4.68. The van der Waals surface area contributed by atoms with Crippen LogP contribution in [0.4, 0.5) is 46.5 Å². The van der Waals surface area contributed by atoms with E-state index in [1.165, 1.54) is 30.3 Å². The fourth-order valence-electron chi connectivity index (χ4n) is 12.1. The van der Waals surface area contributed by atoms with Gasteiger partial charge in [-0.2, -0.15) is 43.0 Å². The smallest absolute Gasteiger partial charge is 0.366 e. The number of hydrogen-bond donors (Lipinski definition) is 5. The van der Waals surface area contributed by atoms with E-state index in [4.69, 9.17) is 4.98 Å². The van der Waals surface area contributed by atoms with E-state index in [2.05, 4.69) is 15.5 Å². The summed E-state index contributed by atoms with van der Waals surface area (Å²) >= 11 is 0. The molecule has 1 aromatic heterocycles. The Bertz CT molecular complexity index is 4160. The summed E-state index contributed by atoms with van der Waals surface area (Å²) in [6.45, 7) is 7.42. The van der Waals surface area contributed by atoms with Crippen molar-refractivity contribution in [3.8, 4) is 11.3 Å². The van der Waals surface area contributed by atoms with E-state index in [-0.39, 0.29) is 66.2 Å². The quantitative estimate of drug-likeness (QED) is 0.0176. The van der Waals surface area contributed by atoms with E-state index >= 15 is 0 Å². The van der Waals surface area contributed by atoms with Gasteiger partial charge in [0.25, 0.3) is 30.4 Å². The van der Waals surface area contributed by atoms with Crippen LogP contribution < -0.4 is 25.3 Å². The van der Waals surface area contributed by atoms with Crippen molar-refractivity contribution in [2.24, 2.45) is 0 Å². The van der Waals surface area contributed by atoms with Crippen LogP contribution in [0.15, 0.2) is 143 Å². The van der Waals surface area contributed by atoms with Gasteiger partial charge in [-0.3, -0.25) is 23.4 Å². The molecule has 0 aliphatic carbocycles. The predicted octanol–water partition coefficient (Wildman–Crippen LogP) is 10.0. The fourth-order valence-corrected chi connectivity index (χ4v) is 14.2. The molecule has 1 unspecified atom stereocenters. The highest BCUT2D eigenvalue weighted by Crippen LogP contribution is 2.52. The molecule has 0 saturated carbocycles. The van der Waals surface area contributed by atoms with Crippen molar-refractivity contribution in [3.05, 3.63) is 155 Å². The number of amides is 3. The maximum Gasteiger partial charge on any atom is 0.416 e. The first-order chi connectivity index (χ1) is 41.2. The number of anilines is 4. The van der Waals surface area contributed by atoms with Crippen molar-refractivity contribution in [1.82, 2.24) is 10.3 Å². The number of rotatable bonds is 23. The molecule has 5 heterocycles. The number of halogens is 3. The van der Waals surface area contributed by atoms with Crippen LogP contribution in [0.1, 0.15) is 94.4 Å².